The van der Waals surface area contributed by atoms with E-state index in [2.05, 4.69) is 5.32 Å². The van der Waals surface area contributed by atoms with Crippen LogP contribution in [0.1, 0.15) is 15.2 Å². The van der Waals surface area contributed by atoms with Crippen molar-refractivity contribution in [1.29, 1.82) is 0 Å². The zero-order valence-corrected chi connectivity index (χ0v) is 17.3. The summed E-state index contributed by atoms with van der Waals surface area (Å²) in [6.45, 7) is 1.57. The Hall–Kier alpha value is -2.46. The maximum absolute atomic E-state index is 13.0. The van der Waals surface area contributed by atoms with E-state index in [-0.39, 0.29) is 17.3 Å². The zero-order valence-electron chi connectivity index (χ0n) is 15.7. The summed E-state index contributed by atoms with van der Waals surface area (Å²) in [5, 5.41) is 4.73. The number of amides is 1. The van der Waals surface area contributed by atoms with Gasteiger partial charge in [0.25, 0.3) is 5.91 Å². The summed E-state index contributed by atoms with van der Waals surface area (Å²) < 4.78 is 34.7. The van der Waals surface area contributed by atoms with E-state index in [4.69, 9.17) is 4.74 Å². The summed E-state index contributed by atoms with van der Waals surface area (Å²) in [5.41, 5.74) is 1.36. The highest BCUT2D eigenvalue weighted by Crippen LogP contribution is 2.23. The fourth-order valence-corrected chi connectivity index (χ4v) is 5.69. The van der Waals surface area contributed by atoms with Gasteiger partial charge < -0.3 is 14.6 Å². The van der Waals surface area contributed by atoms with Crippen LogP contribution in [0.3, 0.4) is 0 Å². The monoisotopic (exact) mass is 431 g/mol. The topological polar surface area (TPSA) is 80.6 Å². The molecular weight excluding hydrogens is 410 g/mol. The van der Waals surface area contributed by atoms with E-state index in [9.17, 15) is 13.2 Å². The second-order valence-electron chi connectivity index (χ2n) is 6.53. The third-order valence-electron chi connectivity index (χ3n) is 4.73. The first-order chi connectivity index (χ1) is 14.1. The molecule has 1 saturated heterocycles. The van der Waals surface area contributed by atoms with E-state index in [1.165, 1.54) is 15.6 Å². The van der Waals surface area contributed by atoms with Gasteiger partial charge in [0.05, 0.1) is 23.8 Å². The smallest absolute Gasteiger partial charge is 0.263 e. The molecule has 3 aromatic rings. The molecule has 1 aromatic carbocycles. The number of aromatic nitrogens is 1. The van der Waals surface area contributed by atoms with Crippen LogP contribution in [-0.4, -0.2) is 49.5 Å². The zero-order chi connectivity index (χ0) is 20.3. The van der Waals surface area contributed by atoms with Crippen LogP contribution in [-0.2, 0) is 21.3 Å². The van der Waals surface area contributed by atoms with Crippen molar-refractivity contribution >= 4 is 27.3 Å². The van der Waals surface area contributed by atoms with Crippen LogP contribution < -0.4 is 5.32 Å². The molecule has 1 fully saturated rings. The number of rotatable bonds is 6. The molecule has 9 heteroatoms. The van der Waals surface area contributed by atoms with Gasteiger partial charge in [-0.05, 0) is 35.2 Å². The lowest BCUT2D eigenvalue weighted by molar-refractivity contribution is 0.0730. The Kier molecular flexibility index (Phi) is 5.81. The molecule has 3 heterocycles. The van der Waals surface area contributed by atoms with Crippen LogP contribution in [0.15, 0.2) is 65.1 Å². The second-order valence-corrected chi connectivity index (χ2v) is 9.35. The average Bonchev–Trinajstić information content (AvgIpc) is 3.44. The molecule has 0 atom stereocenters. The molecule has 0 unspecified atom stereocenters. The predicted molar refractivity (Wildman–Crippen MR) is 111 cm³/mol. The minimum Gasteiger partial charge on any atom is -0.379 e. The SMILES string of the molecule is O=C(NCc1ccccc1S(=O)(=O)N1CCOCC1)c1sccc1-n1cccc1. The number of ether oxygens (including phenoxy) is 1. The van der Waals surface area contributed by atoms with Crippen molar-refractivity contribution in [2.24, 2.45) is 0 Å². The molecule has 1 N–H and O–H groups in total. The highest BCUT2D eigenvalue weighted by atomic mass is 32.2. The van der Waals surface area contributed by atoms with E-state index >= 15 is 0 Å². The fraction of sp³-hybridized carbons (Fsp3) is 0.250. The van der Waals surface area contributed by atoms with Crippen LogP contribution >= 0.6 is 11.3 Å². The van der Waals surface area contributed by atoms with Gasteiger partial charge in [0.1, 0.15) is 4.88 Å². The standard InChI is InChI=1S/C20H21N3O4S2/c24-20(19-17(7-14-28-19)22-8-3-4-9-22)21-15-16-5-1-2-6-18(16)29(25,26)23-10-12-27-13-11-23/h1-9,14H,10-13,15H2,(H,21,24). The minimum absolute atomic E-state index is 0.127. The van der Waals surface area contributed by atoms with Gasteiger partial charge in [-0.1, -0.05) is 18.2 Å². The Labute approximate surface area is 173 Å². The van der Waals surface area contributed by atoms with E-state index in [1.807, 2.05) is 40.5 Å². The third-order valence-corrected chi connectivity index (χ3v) is 7.63. The maximum Gasteiger partial charge on any atom is 0.263 e. The number of nitrogens with one attached hydrogen (secondary N) is 1. The van der Waals surface area contributed by atoms with Gasteiger partial charge in [0, 0.05) is 32.0 Å². The molecule has 2 aromatic heterocycles. The molecule has 0 radical (unpaired) electrons. The Morgan fingerprint density at radius 2 is 1.79 bits per heavy atom. The number of nitrogens with zero attached hydrogens (tertiary/aromatic N) is 2. The minimum atomic E-state index is -3.64. The molecule has 0 bridgehead atoms. The van der Waals surface area contributed by atoms with Crippen LogP contribution in [0.5, 0.6) is 0 Å². The Bertz CT molecular complexity index is 1080. The molecule has 0 saturated carbocycles. The summed E-state index contributed by atoms with van der Waals surface area (Å²) in [4.78, 5) is 13.6. The molecule has 1 aliphatic rings. The number of hydrogen-bond donors (Lipinski definition) is 1. The Morgan fingerprint density at radius 1 is 1.07 bits per heavy atom. The number of benzene rings is 1. The van der Waals surface area contributed by atoms with Crippen LogP contribution in [0, 0.1) is 0 Å². The summed E-state index contributed by atoms with van der Waals surface area (Å²) >= 11 is 1.35. The lowest BCUT2D eigenvalue weighted by Crippen LogP contribution is -2.41. The van der Waals surface area contributed by atoms with Gasteiger partial charge in [-0.25, -0.2) is 8.42 Å². The molecular formula is C20H21N3O4S2. The summed E-state index contributed by atoms with van der Waals surface area (Å²) in [6.07, 6.45) is 3.76. The van der Waals surface area contributed by atoms with E-state index in [0.29, 0.717) is 36.7 Å². The Balaban J connectivity index is 1.53. The summed E-state index contributed by atoms with van der Waals surface area (Å²) in [5.74, 6) is -0.234. The van der Waals surface area contributed by atoms with Gasteiger partial charge in [0.15, 0.2) is 0 Å². The lowest BCUT2D eigenvalue weighted by Gasteiger charge is -2.27. The van der Waals surface area contributed by atoms with Crippen molar-refractivity contribution in [3.8, 4) is 5.69 Å². The van der Waals surface area contributed by atoms with Crippen molar-refractivity contribution in [2.45, 2.75) is 11.4 Å². The largest absolute Gasteiger partial charge is 0.379 e. The number of morpholine rings is 1. The summed E-state index contributed by atoms with van der Waals surface area (Å²) in [7, 11) is -3.64. The highest BCUT2D eigenvalue weighted by Gasteiger charge is 2.28. The molecule has 4 rings (SSSR count). The Morgan fingerprint density at radius 3 is 2.55 bits per heavy atom. The van der Waals surface area contributed by atoms with Gasteiger partial charge in [-0.3, -0.25) is 4.79 Å². The van der Waals surface area contributed by atoms with Gasteiger partial charge in [-0.15, -0.1) is 11.3 Å². The van der Waals surface area contributed by atoms with Crippen molar-refractivity contribution in [3.05, 3.63) is 70.7 Å². The van der Waals surface area contributed by atoms with Crippen molar-refractivity contribution in [3.63, 3.8) is 0 Å². The quantitative estimate of drug-likeness (QED) is 0.650. The number of sulfonamides is 1. The molecule has 0 spiro atoms. The molecule has 7 nitrogen and oxygen atoms in total. The first-order valence-electron chi connectivity index (χ1n) is 9.22. The van der Waals surface area contributed by atoms with Gasteiger partial charge in [-0.2, -0.15) is 4.31 Å². The van der Waals surface area contributed by atoms with Gasteiger partial charge >= 0.3 is 0 Å². The second kappa shape index (κ2) is 8.50. The normalized spacial score (nSPS) is 15.3. The van der Waals surface area contributed by atoms with Crippen molar-refractivity contribution < 1.29 is 17.9 Å². The van der Waals surface area contributed by atoms with Crippen LogP contribution in [0.2, 0.25) is 0 Å². The number of carbonyl (C=O) groups excluding carboxylic acids is 1. The number of carbonyl (C=O) groups is 1. The molecule has 1 amide bonds. The van der Waals surface area contributed by atoms with Crippen molar-refractivity contribution in [1.82, 2.24) is 14.2 Å². The lowest BCUT2D eigenvalue weighted by atomic mass is 10.2. The molecule has 29 heavy (non-hydrogen) atoms. The fourth-order valence-electron chi connectivity index (χ4n) is 3.25. The summed E-state index contributed by atoms with van der Waals surface area (Å²) in [6, 6.07) is 12.5. The van der Waals surface area contributed by atoms with E-state index in [1.54, 1.807) is 24.3 Å². The van der Waals surface area contributed by atoms with Crippen molar-refractivity contribution in [2.75, 3.05) is 26.3 Å². The van der Waals surface area contributed by atoms with E-state index < -0.39 is 10.0 Å². The van der Waals surface area contributed by atoms with E-state index in [0.717, 1.165) is 5.69 Å². The molecule has 1 aliphatic heterocycles. The highest BCUT2D eigenvalue weighted by molar-refractivity contribution is 7.89. The van der Waals surface area contributed by atoms with Crippen LogP contribution in [0.4, 0.5) is 0 Å². The average molecular weight is 432 g/mol. The number of thiophene rings is 1. The first kappa shape index (κ1) is 19.8. The maximum atomic E-state index is 13.0. The van der Waals surface area contributed by atoms with Gasteiger partial charge in [0.2, 0.25) is 10.0 Å². The predicted octanol–water partition coefficient (Wildman–Crippen LogP) is 2.49. The first-order valence-corrected chi connectivity index (χ1v) is 11.5. The number of hydrogen-bond acceptors (Lipinski definition) is 5. The third kappa shape index (κ3) is 4.13. The molecule has 0 aliphatic carbocycles. The van der Waals surface area contributed by atoms with Crippen LogP contribution in [0.25, 0.3) is 5.69 Å². The molecule has 152 valence electrons.